The van der Waals surface area contributed by atoms with Crippen LogP contribution in [0.25, 0.3) is 16.5 Å². The number of hydrogen-bond donors (Lipinski definition) is 2. The maximum atomic E-state index is 13.7. The molecule has 2 aliphatic rings. The molecule has 4 aromatic rings. The Hall–Kier alpha value is -3.92. The maximum absolute atomic E-state index is 13.7. The summed E-state index contributed by atoms with van der Waals surface area (Å²) >= 11 is 0. The summed E-state index contributed by atoms with van der Waals surface area (Å²) in [5.74, 6) is 0.938. The summed E-state index contributed by atoms with van der Waals surface area (Å²) in [4.78, 5) is 27.8. The number of carbonyl (C=O) groups excluding carboxylic acids is 2. The second-order valence-corrected chi connectivity index (χ2v) is 10.3. The second-order valence-electron chi connectivity index (χ2n) is 10.3. The quantitative estimate of drug-likeness (QED) is 0.406. The van der Waals surface area contributed by atoms with E-state index >= 15 is 0 Å². The van der Waals surface area contributed by atoms with Crippen LogP contribution >= 0.6 is 0 Å². The predicted octanol–water partition coefficient (Wildman–Crippen LogP) is 4.32. The van der Waals surface area contributed by atoms with Gasteiger partial charge in [0, 0.05) is 36.3 Å². The summed E-state index contributed by atoms with van der Waals surface area (Å²) < 4.78 is 27.4. The van der Waals surface area contributed by atoms with Crippen molar-refractivity contribution in [3.63, 3.8) is 0 Å². The predicted molar refractivity (Wildman–Crippen MR) is 137 cm³/mol. The smallest absolute Gasteiger partial charge is 0.256 e. The standard InChI is InChI=1S/C28H29FN4O5/c1-14-10-17(34)12-32(14)28(36)20-13-33-26(15(20)2)23(8-9-30-33)38-18-4-5-19-24(11-18)37-16(3)25(19)27(35)31-22-7-6-21(22)29/h4-5,8-9,11,13-14,17,21-22,34H,6-7,10,12H2,1-3H3,(H,31,35)/t14-,17-,21-,22+/m1/s1. The number of rotatable bonds is 5. The first-order valence-electron chi connectivity index (χ1n) is 12.8. The minimum Gasteiger partial charge on any atom is -0.460 e. The van der Waals surface area contributed by atoms with E-state index in [0.29, 0.717) is 70.7 Å². The molecule has 1 aliphatic heterocycles. The van der Waals surface area contributed by atoms with Gasteiger partial charge >= 0.3 is 0 Å². The molecule has 0 spiro atoms. The lowest BCUT2D eigenvalue weighted by Gasteiger charge is -2.30. The van der Waals surface area contributed by atoms with Crippen molar-refractivity contribution in [1.82, 2.24) is 19.8 Å². The number of likely N-dealkylation sites (tertiary alicyclic amines) is 1. The molecule has 1 saturated carbocycles. The van der Waals surface area contributed by atoms with Crippen molar-refractivity contribution in [3.8, 4) is 11.5 Å². The molecule has 38 heavy (non-hydrogen) atoms. The fourth-order valence-corrected chi connectivity index (χ4v) is 5.50. The molecule has 1 aromatic carbocycles. The number of β-amino-alcohol motifs (C(OH)–C–C–N with tert-alkyl or cyclic N) is 1. The molecular formula is C28H29FN4O5. The van der Waals surface area contributed by atoms with E-state index in [1.165, 1.54) is 0 Å². The third kappa shape index (κ3) is 3.99. The van der Waals surface area contributed by atoms with Gasteiger partial charge in [-0.2, -0.15) is 5.10 Å². The first kappa shape index (κ1) is 24.4. The number of amides is 2. The minimum absolute atomic E-state index is 0.0498. The topological polar surface area (TPSA) is 109 Å². The van der Waals surface area contributed by atoms with Crippen molar-refractivity contribution >= 4 is 28.3 Å². The molecule has 10 heteroatoms. The lowest BCUT2D eigenvalue weighted by molar-refractivity contribution is 0.0725. The minimum atomic E-state index is -1.01. The van der Waals surface area contributed by atoms with Gasteiger partial charge in [-0.15, -0.1) is 0 Å². The highest BCUT2D eigenvalue weighted by Gasteiger charge is 2.34. The number of alkyl halides is 1. The van der Waals surface area contributed by atoms with E-state index in [0.717, 1.165) is 5.56 Å². The highest BCUT2D eigenvalue weighted by molar-refractivity contribution is 6.07. The van der Waals surface area contributed by atoms with E-state index < -0.39 is 18.3 Å². The molecule has 6 rings (SSSR count). The fraction of sp³-hybridized carbons (Fsp3) is 0.393. The highest BCUT2D eigenvalue weighted by atomic mass is 19.1. The molecule has 3 aromatic heterocycles. The maximum Gasteiger partial charge on any atom is 0.256 e. The Morgan fingerprint density at radius 2 is 2.05 bits per heavy atom. The molecule has 4 atom stereocenters. The number of halogens is 1. The molecule has 9 nitrogen and oxygen atoms in total. The first-order valence-corrected chi connectivity index (χ1v) is 12.8. The van der Waals surface area contributed by atoms with Crippen LogP contribution in [0, 0.1) is 13.8 Å². The number of nitrogens with zero attached hydrogens (tertiary/aromatic N) is 3. The van der Waals surface area contributed by atoms with E-state index in [2.05, 4.69) is 10.4 Å². The van der Waals surface area contributed by atoms with Crippen LogP contribution in [-0.4, -0.2) is 62.3 Å². The summed E-state index contributed by atoms with van der Waals surface area (Å²) in [6.07, 6.45) is 3.41. The third-order valence-electron chi connectivity index (χ3n) is 7.73. The van der Waals surface area contributed by atoms with Gasteiger partial charge in [0.05, 0.1) is 29.5 Å². The van der Waals surface area contributed by atoms with Crippen molar-refractivity contribution in [2.45, 2.75) is 64.4 Å². The Kier molecular flexibility index (Phi) is 5.86. The molecule has 4 heterocycles. The van der Waals surface area contributed by atoms with Crippen LogP contribution in [0.2, 0.25) is 0 Å². The molecule has 0 bridgehead atoms. The number of fused-ring (bicyclic) bond motifs is 2. The van der Waals surface area contributed by atoms with Gasteiger partial charge in [0.15, 0.2) is 5.75 Å². The van der Waals surface area contributed by atoms with E-state index in [1.54, 1.807) is 53.0 Å². The van der Waals surface area contributed by atoms with Crippen molar-refractivity contribution in [2.75, 3.05) is 6.54 Å². The van der Waals surface area contributed by atoms with Gasteiger partial charge in [-0.25, -0.2) is 8.91 Å². The SMILES string of the molecule is Cc1oc2cc(Oc3ccnn4cc(C(=O)N5C[C@H](O)C[C@H]5C)c(C)c34)ccc2c1C(=O)N[C@H]1CC[C@H]1F. The molecule has 2 amide bonds. The van der Waals surface area contributed by atoms with Gasteiger partial charge in [-0.05, 0) is 57.7 Å². The highest BCUT2D eigenvalue weighted by Crippen LogP contribution is 2.35. The average Bonchev–Trinajstić information content (AvgIpc) is 3.52. The fourth-order valence-electron chi connectivity index (χ4n) is 5.50. The summed E-state index contributed by atoms with van der Waals surface area (Å²) in [5, 5.41) is 17.7. The van der Waals surface area contributed by atoms with Crippen LogP contribution in [0.15, 0.2) is 41.1 Å². The van der Waals surface area contributed by atoms with Crippen LogP contribution in [0.4, 0.5) is 4.39 Å². The molecule has 2 N–H and O–H groups in total. The summed E-state index contributed by atoms with van der Waals surface area (Å²) in [5.41, 5.74) is 2.75. The van der Waals surface area contributed by atoms with Crippen LogP contribution in [0.1, 0.15) is 58.2 Å². The molecule has 1 aliphatic carbocycles. The normalized spacial score (nSPS) is 23.1. The van der Waals surface area contributed by atoms with Crippen LogP contribution in [0.3, 0.4) is 0 Å². The number of hydrogen-bond acceptors (Lipinski definition) is 6. The summed E-state index contributed by atoms with van der Waals surface area (Å²) in [6.45, 7) is 5.79. The molecule has 0 unspecified atom stereocenters. The van der Waals surface area contributed by atoms with E-state index in [9.17, 15) is 19.1 Å². The monoisotopic (exact) mass is 520 g/mol. The summed E-state index contributed by atoms with van der Waals surface area (Å²) in [7, 11) is 0. The van der Waals surface area contributed by atoms with Crippen LogP contribution in [0.5, 0.6) is 11.5 Å². The molecule has 0 radical (unpaired) electrons. The number of aryl methyl sites for hydroxylation is 2. The third-order valence-corrected chi connectivity index (χ3v) is 7.73. The Labute approximate surface area is 218 Å². The van der Waals surface area contributed by atoms with E-state index in [1.807, 2.05) is 13.8 Å². The lowest BCUT2D eigenvalue weighted by atomic mass is 9.90. The number of carbonyl (C=O) groups is 2. The molecule has 1 saturated heterocycles. The molecule has 198 valence electrons. The Morgan fingerprint density at radius 3 is 2.74 bits per heavy atom. The Balaban J connectivity index is 1.29. The van der Waals surface area contributed by atoms with Gasteiger partial charge in [-0.3, -0.25) is 9.59 Å². The largest absolute Gasteiger partial charge is 0.460 e. The van der Waals surface area contributed by atoms with E-state index in [-0.39, 0.29) is 17.9 Å². The van der Waals surface area contributed by atoms with Gasteiger partial charge in [-0.1, -0.05) is 0 Å². The van der Waals surface area contributed by atoms with Crippen molar-refractivity contribution < 1.29 is 28.2 Å². The van der Waals surface area contributed by atoms with Gasteiger partial charge < -0.3 is 24.5 Å². The van der Waals surface area contributed by atoms with Crippen molar-refractivity contribution in [3.05, 3.63) is 59.1 Å². The lowest BCUT2D eigenvalue weighted by Crippen LogP contribution is -2.48. The average molecular weight is 521 g/mol. The van der Waals surface area contributed by atoms with Crippen molar-refractivity contribution in [1.29, 1.82) is 0 Å². The number of aliphatic hydroxyl groups excluding tert-OH is 1. The zero-order valence-electron chi connectivity index (χ0n) is 21.4. The zero-order valence-corrected chi connectivity index (χ0v) is 21.4. The molecular weight excluding hydrogens is 491 g/mol. The van der Waals surface area contributed by atoms with Crippen molar-refractivity contribution in [2.24, 2.45) is 0 Å². The Morgan fingerprint density at radius 1 is 1.24 bits per heavy atom. The summed E-state index contributed by atoms with van der Waals surface area (Å²) in [6, 6.07) is 6.41. The number of aliphatic hydroxyl groups is 1. The number of aromatic nitrogens is 2. The van der Waals surface area contributed by atoms with Gasteiger partial charge in [0.2, 0.25) is 0 Å². The number of ether oxygens (including phenoxy) is 1. The van der Waals surface area contributed by atoms with E-state index in [4.69, 9.17) is 9.15 Å². The number of benzene rings is 1. The second kappa shape index (κ2) is 9.13. The van der Waals surface area contributed by atoms with Gasteiger partial charge in [0.1, 0.15) is 28.8 Å². The number of nitrogens with one attached hydrogen (secondary N) is 1. The first-order chi connectivity index (χ1) is 18.2. The molecule has 2 fully saturated rings. The number of furan rings is 1. The Bertz CT molecular complexity index is 1580. The van der Waals surface area contributed by atoms with Crippen LogP contribution < -0.4 is 10.1 Å². The van der Waals surface area contributed by atoms with Crippen LogP contribution in [-0.2, 0) is 0 Å². The zero-order chi connectivity index (χ0) is 26.7. The van der Waals surface area contributed by atoms with Gasteiger partial charge in [0.25, 0.3) is 11.8 Å².